The van der Waals surface area contributed by atoms with Crippen LogP contribution in [0, 0.1) is 5.92 Å². The summed E-state index contributed by atoms with van der Waals surface area (Å²) in [5.41, 5.74) is 5.69. The summed E-state index contributed by atoms with van der Waals surface area (Å²) in [6.07, 6.45) is 2.56. The average molecular weight is 200 g/mol. The number of ether oxygens (including phenoxy) is 1. The lowest BCUT2D eigenvalue weighted by Crippen LogP contribution is -2.37. The van der Waals surface area contributed by atoms with E-state index in [4.69, 9.17) is 10.5 Å². The Morgan fingerprint density at radius 2 is 2.29 bits per heavy atom. The molecule has 1 rings (SSSR count). The molecule has 1 heterocycles. The van der Waals surface area contributed by atoms with Crippen LogP contribution in [-0.2, 0) is 4.74 Å². The van der Waals surface area contributed by atoms with Gasteiger partial charge < -0.3 is 10.5 Å². The summed E-state index contributed by atoms with van der Waals surface area (Å²) in [6, 6.07) is 0.609. The molecule has 0 aromatic heterocycles. The van der Waals surface area contributed by atoms with Crippen LogP contribution in [0.2, 0.25) is 0 Å². The third kappa shape index (κ3) is 3.95. The summed E-state index contributed by atoms with van der Waals surface area (Å²) in [5.74, 6) is 0.638. The van der Waals surface area contributed by atoms with Gasteiger partial charge >= 0.3 is 0 Å². The molecular formula is C11H24N2O. The van der Waals surface area contributed by atoms with E-state index in [2.05, 4.69) is 18.7 Å². The molecule has 0 aliphatic carbocycles. The lowest BCUT2D eigenvalue weighted by atomic mass is 10.2. The second kappa shape index (κ2) is 6.38. The Balaban J connectivity index is 2.05. The van der Waals surface area contributed by atoms with Crippen LogP contribution in [0.15, 0.2) is 0 Å². The molecule has 0 bridgehead atoms. The number of hydrogen-bond acceptors (Lipinski definition) is 3. The Hall–Kier alpha value is -0.120. The highest BCUT2D eigenvalue weighted by atomic mass is 16.5. The Bertz CT molecular complexity index is 150. The summed E-state index contributed by atoms with van der Waals surface area (Å²) in [4.78, 5) is 2.46. The molecule has 1 aliphatic rings. The zero-order valence-corrected chi connectivity index (χ0v) is 9.54. The van der Waals surface area contributed by atoms with E-state index < -0.39 is 0 Å². The van der Waals surface area contributed by atoms with Gasteiger partial charge in [0.1, 0.15) is 0 Å². The van der Waals surface area contributed by atoms with Crippen LogP contribution < -0.4 is 5.73 Å². The van der Waals surface area contributed by atoms with Crippen LogP contribution in [0.1, 0.15) is 26.7 Å². The van der Waals surface area contributed by atoms with Crippen molar-refractivity contribution in [2.45, 2.75) is 32.7 Å². The zero-order chi connectivity index (χ0) is 10.4. The first kappa shape index (κ1) is 12.0. The predicted octanol–water partition coefficient (Wildman–Crippen LogP) is 1.08. The van der Waals surface area contributed by atoms with Crippen LogP contribution >= 0.6 is 0 Å². The van der Waals surface area contributed by atoms with E-state index >= 15 is 0 Å². The fourth-order valence-corrected chi connectivity index (χ4v) is 1.96. The number of hydrogen-bond donors (Lipinski definition) is 1. The Labute approximate surface area is 87.6 Å². The van der Waals surface area contributed by atoms with Gasteiger partial charge in [0.25, 0.3) is 0 Å². The summed E-state index contributed by atoms with van der Waals surface area (Å²) in [5, 5.41) is 0. The molecular weight excluding hydrogens is 176 g/mol. The van der Waals surface area contributed by atoms with E-state index in [1.165, 1.54) is 19.4 Å². The first-order valence-electron chi connectivity index (χ1n) is 5.76. The molecule has 1 saturated heterocycles. The van der Waals surface area contributed by atoms with Crippen LogP contribution in [0.4, 0.5) is 0 Å². The molecule has 14 heavy (non-hydrogen) atoms. The lowest BCUT2D eigenvalue weighted by Gasteiger charge is -2.22. The fourth-order valence-electron chi connectivity index (χ4n) is 1.96. The molecule has 3 nitrogen and oxygen atoms in total. The molecule has 1 fully saturated rings. The topological polar surface area (TPSA) is 38.5 Å². The molecule has 0 amide bonds. The monoisotopic (exact) mass is 200 g/mol. The molecule has 0 aromatic rings. The van der Waals surface area contributed by atoms with E-state index in [1.807, 2.05) is 0 Å². The van der Waals surface area contributed by atoms with Crippen LogP contribution in [0.3, 0.4) is 0 Å². The van der Waals surface area contributed by atoms with Crippen molar-refractivity contribution in [3.63, 3.8) is 0 Å². The Kier molecular flexibility index (Phi) is 5.45. The fraction of sp³-hybridized carbons (Fsp3) is 1.00. The van der Waals surface area contributed by atoms with E-state index in [9.17, 15) is 0 Å². The smallest absolute Gasteiger partial charge is 0.0593 e. The average Bonchev–Trinajstić information content (AvgIpc) is 2.59. The van der Waals surface area contributed by atoms with Crippen LogP contribution in [0.5, 0.6) is 0 Å². The van der Waals surface area contributed by atoms with Gasteiger partial charge in [0.05, 0.1) is 6.61 Å². The quantitative estimate of drug-likeness (QED) is 0.652. The van der Waals surface area contributed by atoms with Crippen molar-refractivity contribution >= 4 is 0 Å². The second-order valence-corrected chi connectivity index (χ2v) is 4.54. The maximum Gasteiger partial charge on any atom is 0.0593 e. The van der Waals surface area contributed by atoms with E-state index in [1.54, 1.807) is 0 Å². The van der Waals surface area contributed by atoms with Gasteiger partial charge in [-0.25, -0.2) is 0 Å². The van der Waals surface area contributed by atoms with Crippen LogP contribution in [-0.4, -0.2) is 43.8 Å². The first-order valence-corrected chi connectivity index (χ1v) is 5.76. The molecule has 84 valence electrons. The van der Waals surface area contributed by atoms with Crippen LogP contribution in [0.25, 0.3) is 0 Å². The van der Waals surface area contributed by atoms with Gasteiger partial charge in [0.15, 0.2) is 0 Å². The number of rotatable bonds is 6. The maximum absolute atomic E-state index is 5.69. The normalized spacial score (nSPS) is 23.6. The Morgan fingerprint density at radius 3 is 2.93 bits per heavy atom. The van der Waals surface area contributed by atoms with Crippen molar-refractivity contribution in [1.82, 2.24) is 4.90 Å². The first-order chi connectivity index (χ1) is 6.74. The standard InChI is InChI=1S/C11H24N2O/c1-10(2)9-14-7-6-13-5-3-4-11(13)8-12/h10-11H,3-9,12H2,1-2H3. The van der Waals surface area contributed by atoms with Gasteiger partial charge in [-0.15, -0.1) is 0 Å². The number of nitrogens with two attached hydrogens (primary N) is 1. The van der Waals surface area contributed by atoms with Gasteiger partial charge in [-0.2, -0.15) is 0 Å². The van der Waals surface area contributed by atoms with Crippen molar-refractivity contribution in [3.05, 3.63) is 0 Å². The summed E-state index contributed by atoms with van der Waals surface area (Å²) in [7, 11) is 0. The summed E-state index contributed by atoms with van der Waals surface area (Å²) < 4.78 is 5.57. The third-order valence-corrected chi connectivity index (χ3v) is 2.75. The molecule has 0 saturated carbocycles. The van der Waals surface area contributed by atoms with Crippen molar-refractivity contribution in [3.8, 4) is 0 Å². The minimum absolute atomic E-state index is 0.609. The predicted molar refractivity (Wildman–Crippen MR) is 59.3 cm³/mol. The molecule has 1 unspecified atom stereocenters. The molecule has 0 aromatic carbocycles. The van der Waals surface area contributed by atoms with Gasteiger partial charge in [-0.3, -0.25) is 4.90 Å². The molecule has 0 spiro atoms. The van der Waals surface area contributed by atoms with E-state index in [0.717, 1.165) is 26.3 Å². The molecule has 3 heteroatoms. The molecule has 1 aliphatic heterocycles. The number of nitrogens with zero attached hydrogens (tertiary/aromatic N) is 1. The van der Waals surface area contributed by atoms with Crippen molar-refractivity contribution in [2.75, 3.05) is 32.8 Å². The Morgan fingerprint density at radius 1 is 1.50 bits per heavy atom. The highest BCUT2D eigenvalue weighted by Crippen LogP contribution is 2.15. The highest BCUT2D eigenvalue weighted by molar-refractivity contribution is 4.79. The number of likely N-dealkylation sites (tertiary alicyclic amines) is 1. The maximum atomic E-state index is 5.69. The summed E-state index contributed by atoms with van der Waals surface area (Å²) in [6.45, 7) is 9.14. The molecule has 0 radical (unpaired) electrons. The minimum atomic E-state index is 0.609. The van der Waals surface area contributed by atoms with Gasteiger partial charge in [0, 0.05) is 25.7 Å². The van der Waals surface area contributed by atoms with Gasteiger partial charge in [-0.1, -0.05) is 13.8 Å². The van der Waals surface area contributed by atoms with Crippen molar-refractivity contribution in [2.24, 2.45) is 11.7 Å². The lowest BCUT2D eigenvalue weighted by molar-refractivity contribution is 0.0829. The van der Waals surface area contributed by atoms with E-state index in [0.29, 0.717) is 12.0 Å². The minimum Gasteiger partial charge on any atom is -0.380 e. The van der Waals surface area contributed by atoms with E-state index in [-0.39, 0.29) is 0 Å². The van der Waals surface area contributed by atoms with Crippen molar-refractivity contribution < 1.29 is 4.74 Å². The molecule has 2 N–H and O–H groups in total. The largest absolute Gasteiger partial charge is 0.380 e. The van der Waals surface area contributed by atoms with Crippen molar-refractivity contribution in [1.29, 1.82) is 0 Å². The second-order valence-electron chi connectivity index (χ2n) is 4.54. The highest BCUT2D eigenvalue weighted by Gasteiger charge is 2.22. The molecule has 1 atom stereocenters. The SMILES string of the molecule is CC(C)COCCN1CCCC1CN. The summed E-state index contributed by atoms with van der Waals surface area (Å²) >= 11 is 0. The van der Waals surface area contributed by atoms with Gasteiger partial charge in [0.2, 0.25) is 0 Å². The van der Waals surface area contributed by atoms with Gasteiger partial charge in [-0.05, 0) is 25.3 Å². The zero-order valence-electron chi connectivity index (χ0n) is 9.54. The third-order valence-electron chi connectivity index (χ3n) is 2.75.